The molecule has 0 saturated carbocycles. The normalized spacial score (nSPS) is 10.1. The van der Waals surface area contributed by atoms with Crippen LogP contribution < -0.4 is 5.32 Å². The molecule has 0 radical (unpaired) electrons. The summed E-state index contributed by atoms with van der Waals surface area (Å²) in [5.74, 6) is 0.598. The predicted octanol–water partition coefficient (Wildman–Crippen LogP) is 1.07. The molecule has 0 spiro atoms. The Morgan fingerprint density at radius 2 is 2.25 bits per heavy atom. The molecule has 0 atom stereocenters. The molecule has 2 rings (SSSR count). The van der Waals surface area contributed by atoms with Gasteiger partial charge in [-0.3, -0.25) is 0 Å². The van der Waals surface area contributed by atoms with Crippen LogP contribution in [0, 0.1) is 0 Å². The van der Waals surface area contributed by atoms with Crippen molar-refractivity contribution in [1.29, 1.82) is 0 Å². The van der Waals surface area contributed by atoms with Gasteiger partial charge in [0.05, 0.1) is 0 Å². The molecule has 4 nitrogen and oxygen atoms in total. The van der Waals surface area contributed by atoms with Gasteiger partial charge in [-0.25, -0.2) is 9.97 Å². The number of fused-ring (bicyclic) bond motifs is 1. The van der Waals surface area contributed by atoms with Crippen molar-refractivity contribution in [2.24, 2.45) is 0 Å². The third kappa shape index (κ3) is 1.07. The molecule has 12 heavy (non-hydrogen) atoms. The number of hydrogen-bond acceptors (Lipinski definition) is 4. The average molecular weight is 160 g/mol. The van der Waals surface area contributed by atoms with Crippen molar-refractivity contribution >= 4 is 17.0 Å². The van der Waals surface area contributed by atoms with Gasteiger partial charge in [0.1, 0.15) is 0 Å². The molecule has 0 aliphatic carbocycles. The summed E-state index contributed by atoms with van der Waals surface area (Å²) in [6, 6.07) is 3.80. The molecule has 1 N–H and O–H groups in total. The zero-order valence-electron chi connectivity index (χ0n) is 6.65. The number of hydrogen-bond donors (Lipinski definition) is 1. The molecule has 0 fully saturated rings. The maximum atomic E-state index is 4.16. The van der Waals surface area contributed by atoms with E-state index in [0.717, 1.165) is 11.0 Å². The monoisotopic (exact) mass is 160 g/mol. The molecular weight excluding hydrogens is 152 g/mol. The number of aromatic nitrogens is 3. The summed E-state index contributed by atoms with van der Waals surface area (Å²) in [6.07, 6.45) is 3.47. The van der Waals surface area contributed by atoms with Crippen LogP contribution in [0.4, 0.5) is 5.95 Å². The molecule has 0 unspecified atom stereocenters. The van der Waals surface area contributed by atoms with Crippen LogP contribution in [0.25, 0.3) is 11.0 Å². The minimum atomic E-state index is 0.598. The zero-order valence-corrected chi connectivity index (χ0v) is 6.65. The quantitative estimate of drug-likeness (QED) is 0.677. The van der Waals surface area contributed by atoms with Crippen LogP contribution >= 0.6 is 0 Å². The predicted molar refractivity (Wildman–Crippen MR) is 46.9 cm³/mol. The largest absolute Gasteiger partial charge is 0.357 e. The summed E-state index contributed by atoms with van der Waals surface area (Å²) in [4.78, 5) is 12.3. The van der Waals surface area contributed by atoms with Gasteiger partial charge < -0.3 is 5.32 Å². The second kappa shape index (κ2) is 2.73. The first-order valence-corrected chi connectivity index (χ1v) is 3.65. The van der Waals surface area contributed by atoms with E-state index in [2.05, 4.69) is 20.3 Å². The molecule has 4 heteroatoms. The van der Waals surface area contributed by atoms with Crippen molar-refractivity contribution in [2.45, 2.75) is 0 Å². The maximum Gasteiger partial charge on any atom is 0.224 e. The average Bonchev–Trinajstić information content (AvgIpc) is 2.17. The minimum Gasteiger partial charge on any atom is -0.357 e. The van der Waals surface area contributed by atoms with Crippen molar-refractivity contribution in [2.75, 3.05) is 12.4 Å². The number of anilines is 1. The molecule has 2 aromatic rings. The van der Waals surface area contributed by atoms with Crippen molar-refractivity contribution in [3.8, 4) is 0 Å². The van der Waals surface area contributed by atoms with Gasteiger partial charge in [-0.15, -0.1) is 0 Å². The van der Waals surface area contributed by atoms with Crippen molar-refractivity contribution < 1.29 is 0 Å². The Morgan fingerprint density at radius 3 is 3.08 bits per heavy atom. The Hall–Kier alpha value is -1.71. The lowest BCUT2D eigenvalue weighted by Crippen LogP contribution is -1.96. The summed E-state index contributed by atoms with van der Waals surface area (Å²) in [5.41, 5.74) is 0.719. The molecule has 0 aliphatic rings. The Labute approximate surface area is 69.7 Å². The van der Waals surface area contributed by atoms with Gasteiger partial charge in [0.2, 0.25) is 5.95 Å². The number of nitrogens with zero attached hydrogens (tertiary/aromatic N) is 3. The Kier molecular flexibility index (Phi) is 1.59. The number of nitrogens with one attached hydrogen (secondary N) is 1. The minimum absolute atomic E-state index is 0.598. The van der Waals surface area contributed by atoms with Crippen LogP contribution in [-0.2, 0) is 0 Å². The topological polar surface area (TPSA) is 50.7 Å². The van der Waals surface area contributed by atoms with E-state index in [1.165, 1.54) is 0 Å². The summed E-state index contributed by atoms with van der Waals surface area (Å²) < 4.78 is 0. The zero-order chi connectivity index (χ0) is 8.39. The van der Waals surface area contributed by atoms with Gasteiger partial charge >= 0.3 is 0 Å². The van der Waals surface area contributed by atoms with Gasteiger partial charge in [-0.1, -0.05) is 0 Å². The van der Waals surface area contributed by atoms with E-state index in [1.807, 2.05) is 12.1 Å². The van der Waals surface area contributed by atoms with Crippen LogP contribution in [-0.4, -0.2) is 22.0 Å². The lowest BCUT2D eigenvalue weighted by Gasteiger charge is -1.98. The first-order valence-electron chi connectivity index (χ1n) is 3.65. The van der Waals surface area contributed by atoms with E-state index in [-0.39, 0.29) is 0 Å². The molecule has 60 valence electrons. The highest BCUT2D eigenvalue weighted by Gasteiger charge is 1.96. The molecular formula is C8H8N4. The van der Waals surface area contributed by atoms with E-state index in [1.54, 1.807) is 19.4 Å². The fourth-order valence-corrected chi connectivity index (χ4v) is 0.984. The van der Waals surface area contributed by atoms with Crippen molar-refractivity contribution in [3.05, 3.63) is 24.5 Å². The van der Waals surface area contributed by atoms with E-state index in [9.17, 15) is 0 Å². The van der Waals surface area contributed by atoms with Gasteiger partial charge in [0, 0.05) is 24.8 Å². The molecule has 0 aromatic carbocycles. The summed E-state index contributed by atoms with van der Waals surface area (Å²) >= 11 is 0. The SMILES string of the molecule is CNc1ncc2cccnc2n1. The molecule has 2 heterocycles. The van der Waals surface area contributed by atoms with Crippen LogP contribution in [0.1, 0.15) is 0 Å². The van der Waals surface area contributed by atoms with E-state index in [0.29, 0.717) is 5.95 Å². The molecule has 0 amide bonds. The molecule has 0 saturated heterocycles. The summed E-state index contributed by atoms with van der Waals surface area (Å²) in [5, 5.41) is 3.81. The third-order valence-electron chi connectivity index (χ3n) is 1.58. The molecule has 0 aliphatic heterocycles. The fraction of sp³-hybridized carbons (Fsp3) is 0.125. The van der Waals surface area contributed by atoms with Gasteiger partial charge in [-0.05, 0) is 12.1 Å². The first-order chi connectivity index (χ1) is 5.90. The smallest absolute Gasteiger partial charge is 0.224 e. The van der Waals surface area contributed by atoms with Crippen LogP contribution in [0.3, 0.4) is 0 Å². The first kappa shape index (κ1) is 6.97. The fourth-order valence-electron chi connectivity index (χ4n) is 0.984. The van der Waals surface area contributed by atoms with E-state index >= 15 is 0 Å². The number of pyridine rings is 1. The van der Waals surface area contributed by atoms with Gasteiger partial charge in [0.15, 0.2) is 5.65 Å². The van der Waals surface area contributed by atoms with E-state index in [4.69, 9.17) is 0 Å². The summed E-state index contributed by atoms with van der Waals surface area (Å²) in [6.45, 7) is 0. The van der Waals surface area contributed by atoms with Crippen LogP contribution in [0.2, 0.25) is 0 Å². The number of rotatable bonds is 1. The summed E-state index contributed by atoms with van der Waals surface area (Å²) in [7, 11) is 1.78. The molecule has 2 aromatic heterocycles. The van der Waals surface area contributed by atoms with Gasteiger partial charge in [-0.2, -0.15) is 4.98 Å². The highest BCUT2D eigenvalue weighted by molar-refractivity contribution is 5.73. The second-order valence-electron chi connectivity index (χ2n) is 2.36. The van der Waals surface area contributed by atoms with Crippen LogP contribution in [0.5, 0.6) is 0 Å². The van der Waals surface area contributed by atoms with Gasteiger partial charge in [0.25, 0.3) is 0 Å². The highest BCUT2D eigenvalue weighted by atomic mass is 15.1. The third-order valence-corrected chi connectivity index (χ3v) is 1.58. The standard InChI is InChI=1S/C8H8N4/c1-9-8-11-5-6-3-2-4-10-7(6)12-8/h2-5H,1H3,(H,9,10,11,12). The lowest BCUT2D eigenvalue weighted by molar-refractivity contribution is 1.16. The Morgan fingerprint density at radius 1 is 1.33 bits per heavy atom. The van der Waals surface area contributed by atoms with E-state index < -0.39 is 0 Å². The van der Waals surface area contributed by atoms with Crippen LogP contribution in [0.15, 0.2) is 24.5 Å². The van der Waals surface area contributed by atoms with Crippen molar-refractivity contribution in [3.63, 3.8) is 0 Å². The lowest BCUT2D eigenvalue weighted by atomic mass is 10.3. The Bertz CT molecular complexity index is 399. The maximum absolute atomic E-state index is 4.16. The molecule has 0 bridgehead atoms. The highest BCUT2D eigenvalue weighted by Crippen LogP contribution is 2.07. The Balaban J connectivity index is 2.67. The second-order valence-corrected chi connectivity index (χ2v) is 2.36. The van der Waals surface area contributed by atoms with Crippen molar-refractivity contribution in [1.82, 2.24) is 15.0 Å².